The molecule has 0 bridgehead atoms. The minimum Gasteiger partial charge on any atom is -0.309 e. The molecule has 1 atom stereocenters. The molecule has 0 aliphatic carbocycles. The summed E-state index contributed by atoms with van der Waals surface area (Å²) in [7, 11) is 0. The Hall–Kier alpha value is 0.310. The van der Waals surface area contributed by atoms with Crippen molar-refractivity contribution >= 4 is 46.1 Å². The number of aromatic nitrogens is 2. The van der Waals surface area contributed by atoms with Gasteiger partial charge >= 0.3 is 0 Å². The number of thioether (sulfide) groups is 2. The number of nitrogens with one attached hydrogen (secondary N) is 1. The van der Waals surface area contributed by atoms with Crippen molar-refractivity contribution in [3.63, 3.8) is 0 Å². The third kappa shape index (κ3) is 2.71. The van der Waals surface area contributed by atoms with Crippen LogP contribution in [0.25, 0.3) is 0 Å². The standard InChI is InChI=1S/C9H11IN2OS2/c1-5-7(10)9(13)12-8(11-5)6-4-14-2-3-15-6/h6H,2-4H2,1H3,(H,11,12,13). The van der Waals surface area contributed by atoms with Crippen LogP contribution < -0.4 is 5.56 Å². The van der Waals surface area contributed by atoms with Crippen LogP contribution in [0.4, 0.5) is 0 Å². The Kier molecular flexibility index (Phi) is 4.00. The molecule has 82 valence electrons. The van der Waals surface area contributed by atoms with E-state index in [0.717, 1.165) is 23.0 Å². The topological polar surface area (TPSA) is 45.8 Å². The highest BCUT2D eigenvalue weighted by Crippen LogP contribution is 2.34. The average Bonchev–Trinajstić information content (AvgIpc) is 2.26. The van der Waals surface area contributed by atoms with Crippen LogP contribution in [-0.2, 0) is 0 Å². The van der Waals surface area contributed by atoms with Crippen LogP contribution in [0.1, 0.15) is 16.8 Å². The lowest BCUT2D eigenvalue weighted by molar-refractivity contribution is 0.877. The first-order valence-electron chi connectivity index (χ1n) is 4.64. The summed E-state index contributed by atoms with van der Waals surface area (Å²) >= 11 is 5.85. The SMILES string of the molecule is Cc1nc(C2CSCCS2)[nH]c(=O)c1I. The Morgan fingerprint density at radius 2 is 2.33 bits per heavy atom. The number of nitrogens with zero attached hydrogens (tertiary/aromatic N) is 1. The first-order valence-corrected chi connectivity index (χ1v) is 7.92. The van der Waals surface area contributed by atoms with E-state index in [1.165, 1.54) is 5.75 Å². The third-order valence-corrected chi connectivity index (χ3v) is 6.20. The molecule has 0 saturated carbocycles. The van der Waals surface area contributed by atoms with Crippen LogP contribution in [0, 0.1) is 10.5 Å². The van der Waals surface area contributed by atoms with E-state index in [1.807, 2.05) is 53.0 Å². The van der Waals surface area contributed by atoms with Crippen LogP contribution in [0.2, 0.25) is 0 Å². The van der Waals surface area contributed by atoms with Crippen molar-refractivity contribution in [2.24, 2.45) is 0 Å². The van der Waals surface area contributed by atoms with Crippen molar-refractivity contribution in [3.05, 3.63) is 25.4 Å². The van der Waals surface area contributed by atoms with Gasteiger partial charge in [-0.2, -0.15) is 11.8 Å². The quantitative estimate of drug-likeness (QED) is 0.786. The van der Waals surface area contributed by atoms with E-state index in [9.17, 15) is 4.79 Å². The fourth-order valence-electron chi connectivity index (χ4n) is 1.39. The zero-order chi connectivity index (χ0) is 10.8. The van der Waals surface area contributed by atoms with Gasteiger partial charge in [-0.15, -0.1) is 11.8 Å². The van der Waals surface area contributed by atoms with Crippen LogP contribution in [0.3, 0.4) is 0 Å². The van der Waals surface area contributed by atoms with Gasteiger partial charge in [0, 0.05) is 17.3 Å². The minimum atomic E-state index is -0.00530. The highest BCUT2D eigenvalue weighted by molar-refractivity contribution is 14.1. The van der Waals surface area contributed by atoms with Gasteiger partial charge in [0.25, 0.3) is 5.56 Å². The second kappa shape index (κ2) is 5.09. The van der Waals surface area contributed by atoms with Crippen molar-refractivity contribution in [1.29, 1.82) is 0 Å². The van der Waals surface area contributed by atoms with Crippen molar-refractivity contribution in [1.82, 2.24) is 9.97 Å². The maximum absolute atomic E-state index is 11.6. The Morgan fingerprint density at radius 1 is 1.53 bits per heavy atom. The minimum absolute atomic E-state index is 0.00530. The number of rotatable bonds is 1. The van der Waals surface area contributed by atoms with Crippen LogP contribution in [0.15, 0.2) is 4.79 Å². The van der Waals surface area contributed by atoms with Gasteiger partial charge in [-0.1, -0.05) is 0 Å². The van der Waals surface area contributed by atoms with Crippen LogP contribution in [0.5, 0.6) is 0 Å². The van der Waals surface area contributed by atoms with Gasteiger partial charge < -0.3 is 4.98 Å². The first-order chi connectivity index (χ1) is 7.18. The summed E-state index contributed by atoms with van der Waals surface area (Å²) in [6, 6.07) is 0. The molecule has 1 unspecified atom stereocenters. The molecular formula is C9H11IN2OS2. The van der Waals surface area contributed by atoms with Crippen LogP contribution in [-0.4, -0.2) is 27.2 Å². The van der Waals surface area contributed by atoms with E-state index in [-0.39, 0.29) is 5.56 Å². The van der Waals surface area contributed by atoms with Crippen molar-refractivity contribution in [2.75, 3.05) is 17.3 Å². The first kappa shape index (κ1) is 11.8. The van der Waals surface area contributed by atoms with Gasteiger partial charge in [0.05, 0.1) is 14.5 Å². The zero-order valence-electron chi connectivity index (χ0n) is 8.25. The molecule has 0 radical (unpaired) electrons. The fraction of sp³-hybridized carbons (Fsp3) is 0.556. The second-order valence-corrected chi connectivity index (χ2v) is 6.82. The monoisotopic (exact) mass is 354 g/mol. The second-order valence-electron chi connectivity index (χ2n) is 3.28. The molecule has 1 N–H and O–H groups in total. The van der Waals surface area contributed by atoms with E-state index < -0.39 is 0 Å². The summed E-state index contributed by atoms with van der Waals surface area (Å²) in [5.74, 6) is 4.24. The normalized spacial score (nSPS) is 21.6. The zero-order valence-corrected chi connectivity index (χ0v) is 12.0. The Balaban J connectivity index is 2.32. The van der Waals surface area contributed by atoms with Crippen molar-refractivity contribution < 1.29 is 0 Å². The molecule has 0 amide bonds. The van der Waals surface area contributed by atoms with Gasteiger partial charge in [0.2, 0.25) is 0 Å². The number of aryl methyl sites for hydroxylation is 1. The van der Waals surface area contributed by atoms with E-state index in [4.69, 9.17) is 0 Å². The molecule has 1 aromatic heterocycles. The van der Waals surface area contributed by atoms with E-state index in [1.54, 1.807) is 0 Å². The number of aromatic amines is 1. The van der Waals surface area contributed by atoms with E-state index in [0.29, 0.717) is 8.82 Å². The fourth-order valence-corrected chi connectivity index (χ4v) is 4.27. The van der Waals surface area contributed by atoms with Crippen LogP contribution >= 0.6 is 46.1 Å². The lowest BCUT2D eigenvalue weighted by Gasteiger charge is -2.20. The molecule has 1 aliphatic rings. The highest BCUT2D eigenvalue weighted by atomic mass is 127. The maximum atomic E-state index is 11.6. The molecule has 1 saturated heterocycles. The third-order valence-electron chi connectivity index (χ3n) is 2.17. The van der Waals surface area contributed by atoms with E-state index in [2.05, 4.69) is 9.97 Å². The molecule has 1 aliphatic heterocycles. The molecular weight excluding hydrogens is 343 g/mol. The maximum Gasteiger partial charge on any atom is 0.264 e. The summed E-state index contributed by atoms with van der Waals surface area (Å²) in [5.41, 5.74) is 0.833. The Bertz CT molecular complexity index is 415. The summed E-state index contributed by atoms with van der Waals surface area (Å²) < 4.78 is 0.699. The Labute approximate surface area is 110 Å². The van der Waals surface area contributed by atoms with Gasteiger partial charge in [0.15, 0.2) is 0 Å². The Morgan fingerprint density at radius 3 is 2.93 bits per heavy atom. The lowest BCUT2D eigenvalue weighted by Crippen LogP contribution is -2.20. The summed E-state index contributed by atoms with van der Waals surface area (Å²) in [6.07, 6.45) is 0. The predicted molar refractivity (Wildman–Crippen MR) is 74.8 cm³/mol. The molecule has 1 aromatic rings. The summed E-state index contributed by atoms with van der Waals surface area (Å²) in [4.78, 5) is 18.9. The van der Waals surface area contributed by atoms with Gasteiger partial charge in [-0.3, -0.25) is 4.79 Å². The molecule has 2 rings (SSSR count). The summed E-state index contributed by atoms with van der Waals surface area (Å²) in [6.45, 7) is 1.89. The number of hydrogen-bond acceptors (Lipinski definition) is 4. The van der Waals surface area contributed by atoms with Gasteiger partial charge in [0.1, 0.15) is 5.82 Å². The molecule has 1 fully saturated rings. The lowest BCUT2D eigenvalue weighted by atomic mass is 10.4. The van der Waals surface area contributed by atoms with Gasteiger partial charge in [-0.05, 0) is 29.5 Å². The molecule has 2 heterocycles. The predicted octanol–water partition coefficient (Wildman–Crippen LogP) is 2.20. The number of hydrogen-bond donors (Lipinski definition) is 1. The number of H-pyrrole nitrogens is 1. The molecule has 15 heavy (non-hydrogen) atoms. The van der Waals surface area contributed by atoms with Crippen molar-refractivity contribution in [2.45, 2.75) is 12.2 Å². The smallest absolute Gasteiger partial charge is 0.264 e. The molecule has 0 spiro atoms. The molecule has 0 aromatic carbocycles. The van der Waals surface area contributed by atoms with E-state index >= 15 is 0 Å². The highest BCUT2D eigenvalue weighted by Gasteiger charge is 2.19. The molecule has 3 nitrogen and oxygen atoms in total. The summed E-state index contributed by atoms with van der Waals surface area (Å²) in [5, 5.41) is 0.354. The average molecular weight is 354 g/mol. The number of halogens is 1. The molecule has 6 heteroatoms. The van der Waals surface area contributed by atoms with Crippen molar-refractivity contribution in [3.8, 4) is 0 Å². The largest absolute Gasteiger partial charge is 0.309 e. The van der Waals surface area contributed by atoms with Gasteiger partial charge in [-0.25, -0.2) is 4.98 Å².